The molecule has 3 nitrogen and oxygen atoms in total. The van der Waals surface area contributed by atoms with E-state index in [-0.39, 0.29) is 6.03 Å². The van der Waals surface area contributed by atoms with Crippen molar-refractivity contribution in [2.24, 2.45) is 0 Å². The number of benzene rings is 1. The first kappa shape index (κ1) is 11.0. The number of nitrogens with one attached hydrogen (secondary N) is 2. The van der Waals surface area contributed by atoms with Gasteiger partial charge in [-0.2, -0.15) is 0 Å². The van der Waals surface area contributed by atoms with Crippen LogP contribution in [0.25, 0.3) is 0 Å². The monoisotopic (exact) mass is 218 g/mol. The lowest BCUT2D eigenvalue weighted by Crippen LogP contribution is -2.33. The number of hydrogen-bond donors (Lipinski definition) is 2. The van der Waals surface area contributed by atoms with E-state index in [4.69, 9.17) is 0 Å². The highest BCUT2D eigenvalue weighted by atomic mass is 16.2. The van der Waals surface area contributed by atoms with E-state index in [0.717, 1.165) is 12.1 Å². The van der Waals surface area contributed by atoms with Crippen molar-refractivity contribution in [3.8, 4) is 0 Å². The third kappa shape index (κ3) is 2.35. The van der Waals surface area contributed by atoms with Crippen molar-refractivity contribution >= 4 is 11.7 Å². The second-order valence-electron chi connectivity index (χ2n) is 4.21. The second kappa shape index (κ2) is 5.01. The number of hydrogen-bond acceptors (Lipinski definition) is 1. The van der Waals surface area contributed by atoms with Crippen LogP contribution in [-0.4, -0.2) is 6.03 Å². The molecular formula is C13H18N2O. The van der Waals surface area contributed by atoms with Gasteiger partial charge in [-0.15, -0.1) is 0 Å². The molecule has 0 saturated carbocycles. The Morgan fingerprint density at radius 2 is 2.19 bits per heavy atom. The molecule has 1 aliphatic heterocycles. The normalized spacial score (nSPS) is 13.9. The third-order valence-electron chi connectivity index (χ3n) is 3.00. The predicted octanol–water partition coefficient (Wildman–Crippen LogP) is 3.05. The Morgan fingerprint density at radius 1 is 1.31 bits per heavy atom. The molecule has 0 bridgehead atoms. The molecule has 1 aromatic carbocycles. The molecule has 1 heterocycles. The Hall–Kier alpha value is -1.51. The highest BCUT2D eigenvalue weighted by molar-refractivity contribution is 5.92. The molecule has 0 saturated heterocycles. The van der Waals surface area contributed by atoms with Gasteiger partial charge >= 0.3 is 6.03 Å². The quantitative estimate of drug-likeness (QED) is 0.749. The minimum Gasteiger partial charge on any atom is -0.334 e. The number of amides is 2. The molecule has 1 aromatic rings. The number of urea groups is 1. The molecule has 86 valence electrons. The minimum absolute atomic E-state index is 0.0989. The third-order valence-corrected chi connectivity index (χ3v) is 3.00. The highest BCUT2D eigenvalue weighted by Crippen LogP contribution is 2.24. The van der Waals surface area contributed by atoms with E-state index in [2.05, 4.69) is 23.6 Å². The number of anilines is 1. The van der Waals surface area contributed by atoms with Crippen molar-refractivity contribution in [3.63, 3.8) is 0 Å². The first-order valence-electron chi connectivity index (χ1n) is 5.97. The maximum absolute atomic E-state index is 11.2. The van der Waals surface area contributed by atoms with Crippen molar-refractivity contribution in [1.29, 1.82) is 0 Å². The van der Waals surface area contributed by atoms with E-state index in [1.807, 2.05) is 12.1 Å². The summed E-state index contributed by atoms with van der Waals surface area (Å²) in [6.07, 6.45) is 4.84. The summed E-state index contributed by atoms with van der Waals surface area (Å²) in [5.41, 5.74) is 3.58. The van der Waals surface area contributed by atoms with Crippen LogP contribution in [0.1, 0.15) is 37.3 Å². The maximum Gasteiger partial charge on any atom is 0.319 e. The summed E-state index contributed by atoms with van der Waals surface area (Å²) in [7, 11) is 0. The molecule has 0 aromatic heterocycles. The van der Waals surface area contributed by atoms with Crippen molar-refractivity contribution in [3.05, 3.63) is 29.3 Å². The molecular weight excluding hydrogens is 200 g/mol. The van der Waals surface area contributed by atoms with Gasteiger partial charge in [-0.3, -0.25) is 0 Å². The SMILES string of the molecule is CCCCCc1cccc2c1CNC(=O)N2. The lowest BCUT2D eigenvalue weighted by Gasteiger charge is -2.21. The predicted molar refractivity (Wildman–Crippen MR) is 65.5 cm³/mol. The summed E-state index contributed by atoms with van der Waals surface area (Å²) in [5, 5.41) is 5.66. The zero-order valence-corrected chi connectivity index (χ0v) is 9.68. The average molecular weight is 218 g/mol. The number of carbonyl (C=O) groups excluding carboxylic acids is 1. The van der Waals surface area contributed by atoms with Crippen LogP contribution in [-0.2, 0) is 13.0 Å². The average Bonchev–Trinajstić information content (AvgIpc) is 2.29. The van der Waals surface area contributed by atoms with Crippen LogP contribution in [0, 0.1) is 0 Å². The van der Waals surface area contributed by atoms with E-state index in [1.54, 1.807) is 0 Å². The summed E-state index contributed by atoms with van der Waals surface area (Å²) in [6.45, 7) is 2.87. The molecule has 0 radical (unpaired) electrons. The number of carbonyl (C=O) groups is 1. The Labute approximate surface area is 96.2 Å². The van der Waals surface area contributed by atoms with E-state index in [9.17, 15) is 4.79 Å². The number of rotatable bonds is 4. The molecule has 0 spiro atoms. The van der Waals surface area contributed by atoms with Crippen LogP contribution in [0.15, 0.2) is 18.2 Å². The summed E-state index contributed by atoms with van der Waals surface area (Å²) >= 11 is 0. The molecule has 0 unspecified atom stereocenters. The van der Waals surface area contributed by atoms with E-state index >= 15 is 0 Å². The van der Waals surface area contributed by atoms with Gasteiger partial charge in [-0.1, -0.05) is 31.9 Å². The van der Waals surface area contributed by atoms with E-state index in [1.165, 1.54) is 30.4 Å². The molecule has 1 aliphatic rings. The lowest BCUT2D eigenvalue weighted by atomic mass is 9.99. The van der Waals surface area contributed by atoms with Gasteiger partial charge in [0.2, 0.25) is 0 Å². The molecule has 0 aliphatic carbocycles. The van der Waals surface area contributed by atoms with Gasteiger partial charge in [0.1, 0.15) is 0 Å². The highest BCUT2D eigenvalue weighted by Gasteiger charge is 2.15. The fourth-order valence-electron chi connectivity index (χ4n) is 2.10. The summed E-state index contributed by atoms with van der Waals surface area (Å²) in [6, 6.07) is 6.05. The van der Waals surface area contributed by atoms with Gasteiger partial charge in [0.25, 0.3) is 0 Å². The van der Waals surface area contributed by atoms with Crippen molar-refractivity contribution in [2.45, 2.75) is 39.2 Å². The van der Waals surface area contributed by atoms with Crippen LogP contribution in [0.5, 0.6) is 0 Å². The smallest absolute Gasteiger partial charge is 0.319 e. The van der Waals surface area contributed by atoms with Crippen molar-refractivity contribution in [2.75, 3.05) is 5.32 Å². The fraction of sp³-hybridized carbons (Fsp3) is 0.462. The fourth-order valence-corrected chi connectivity index (χ4v) is 2.10. The van der Waals surface area contributed by atoms with Crippen molar-refractivity contribution < 1.29 is 4.79 Å². The Kier molecular flexibility index (Phi) is 3.44. The summed E-state index contributed by atoms with van der Waals surface area (Å²) in [5.74, 6) is 0. The standard InChI is InChI=1S/C13H18N2O/c1-2-3-4-6-10-7-5-8-12-11(10)9-14-13(16)15-12/h5,7-8H,2-4,6,9H2,1H3,(H2,14,15,16). The van der Waals surface area contributed by atoms with Gasteiger partial charge in [0.05, 0.1) is 0 Å². The Bertz CT molecular complexity index is 388. The Morgan fingerprint density at radius 3 is 3.00 bits per heavy atom. The van der Waals surface area contributed by atoms with E-state index < -0.39 is 0 Å². The van der Waals surface area contributed by atoms with Gasteiger partial charge < -0.3 is 10.6 Å². The topological polar surface area (TPSA) is 41.1 Å². The lowest BCUT2D eigenvalue weighted by molar-refractivity contribution is 0.251. The maximum atomic E-state index is 11.2. The second-order valence-corrected chi connectivity index (χ2v) is 4.21. The molecule has 3 heteroatoms. The van der Waals surface area contributed by atoms with Crippen LogP contribution < -0.4 is 10.6 Å². The van der Waals surface area contributed by atoms with Crippen molar-refractivity contribution in [1.82, 2.24) is 5.32 Å². The molecule has 2 rings (SSSR count). The van der Waals surface area contributed by atoms with Crippen LogP contribution in [0.3, 0.4) is 0 Å². The van der Waals surface area contributed by atoms with Crippen LogP contribution >= 0.6 is 0 Å². The molecule has 0 atom stereocenters. The van der Waals surface area contributed by atoms with Crippen LogP contribution in [0.2, 0.25) is 0 Å². The number of fused-ring (bicyclic) bond motifs is 1. The molecule has 0 fully saturated rings. The number of unbranched alkanes of at least 4 members (excludes halogenated alkanes) is 2. The largest absolute Gasteiger partial charge is 0.334 e. The number of aryl methyl sites for hydroxylation is 1. The van der Waals surface area contributed by atoms with Gasteiger partial charge in [0.15, 0.2) is 0 Å². The first-order chi connectivity index (χ1) is 7.81. The van der Waals surface area contributed by atoms with Gasteiger partial charge in [0, 0.05) is 12.2 Å². The zero-order valence-electron chi connectivity index (χ0n) is 9.68. The van der Waals surface area contributed by atoms with Gasteiger partial charge in [-0.25, -0.2) is 4.79 Å². The van der Waals surface area contributed by atoms with Gasteiger partial charge in [-0.05, 0) is 30.0 Å². The first-order valence-corrected chi connectivity index (χ1v) is 5.97. The molecule has 2 N–H and O–H groups in total. The molecule has 2 amide bonds. The summed E-state index contributed by atoms with van der Waals surface area (Å²) < 4.78 is 0. The molecule has 16 heavy (non-hydrogen) atoms. The van der Waals surface area contributed by atoms with Crippen LogP contribution in [0.4, 0.5) is 10.5 Å². The minimum atomic E-state index is -0.0989. The van der Waals surface area contributed by atoms with E-state index in [0.29, 0.717) is 6.54 Å². The Balaban J connectivity index is 2.13. The summed E-state index contributed by atoms with van der Waals surface area (Å²) in [4.78, 5) is 11.2. The zero-order chi connectivity index (χ0) is 11.4.